The Balaban J connectivity index is 3.01. The van der Waals surface area contributed by atoms with Crippen LogP contribution < -0.4 is 0 Å². The summed E-state index contributed by atoms with van der Waals surface area (Å²) in [7, 11) is 0. The molecule has 0 aliphatic heterocycles. The zero-order valence-corrected chi connectivity index (χ0v) is 8.79. The SMILES string of the molecule is CC1CCCC1(C#N)C(C)(O)CC=O. The van der Waals surface area contributed by atoms with E-state index < -0.39 is 11.0 Å². The number of rotatable bonds is 3. The van der Waals surface area contributed by atoms with E-state index >= 15 is 0 Å². The maximum Gasteiger partial charge on any atom is 0.122 e. The Morgan fingerprint density at radius 3 is 2.79 bits per heavy atom. The fourth-order valence-corrected chi connectivity index (χ4v) is 2.61. The highest BCUT2D eigenvalue weighted by molar-refractivity contribution is 5.52. The van der Waals surface area contributed by atoms with Crippen LogP contribution in [0.2, 0.25) is 0 Å². The highest BCUT2D eigenvalue weighted by Gasteiger charge is 2.53. The lowest BCUT2D eigenvalue weighted by Gasteiger charge is -2.39. The van der Waals surface area contributed by atoms with Crippen molar-refractivity contribution in [1.29, 1.82) is 5.26 Å². The lowest BCUT2D eigenvalue weighted by Crippen LogP contribution is -2.47. The van der Waals surface area contributed by atoms with Gasteiger partial charge in [0.15, 0.2) is 0 Å². The van der Waals surface area contributed by atoms with Crippen molar-refractivity contribution in [3.8, 4) is 6.07 Å². The number of aldehydes is 1. The van der Waals surface area contributed by atoms with Gasteiger partial charge in [0.2, 0.25) is 0 Å². The van der Waals surface area contributed by atoms with E-state index in [0.29, 0.717) is 12.7 Å². The Hall–Kier alpha value is -0.880. The largest absolute Gasteiger partial charge is 0.388 e. The summed E-state index contributed by atoms with van der Waals surface area (Å²) in [4.78, 5) is 10.5. The van der Waals surface area contributed by atoms with E-state index in [1.165, 1.54) is 0 Å². The molecule has 0 heterocycles. The van der Waals surface area contributed by atoms with Gasteiger partial charge in [-0.25, -0.2) is 0 Å². The Labute approximate surface area is 84.7 Å². The van der Waals surface area contributed by atoms with Gasteiger partial charge in [-0.3, -0.25) is 0 Å². The molecule has 0 aromatic heterocycles. The first kappa shape index (κ1) is 11.2. The van der Waals surface area contributed by atoms with Crippen LogP contribution in [0.5, 0.6) is 0 Å². The predicted octanol–water partition coefficient (Wildman–Crippen LogP) is 1.66. The van der Waals surface area contributed by atoms with Crippen molar-refractivity contribution in [2.24, 2.45) is 11.3 Å². The van der Waals surface area contributed by atoms with E-state index in [-0.39, 0.29) is 12.3 Å². The summed E-state index contributed by atoms with van der Waals surface area (Å²) in [6.45, 7) is 3.59. The number of aliphatic hydroxyl groups is 1. The van der Waals surface area contributed by atoms with Gasteiger partial charge >= 0.3 is 0 Å². The van der Waals surface area contributed by atoms with Gasteiger partial charge in [-0.1, -0.05) is 13.3 Å². The molecule has 1 saturated carbocycles. The summed E-state index contributed by atoms with van der Waals surface area (Å²) in [5, 5.41) is 19.4. The molecule has 0 bridgehead atoms. The van der Waals surface area contributed by atoms with Gasteiger partial charge in [-0.15, -0.1) is 0 Å². The molecule has 3 atom stereocenters. The lowest BCUT2D eigenvalue weighted by molar-refractivity contribution is -0.118. The minimum absolute atomic E-state index is 0.0465. The van der Waals surface area contributed by atoms with Crippen molar-refractivity contribution in [1.82, 2.24) is 0 Å². The topological polar surface area (TPSA) is 61.1 Å². The molecule has 0 aromatic rings. The molecule has 0 aromatic carbocycles. The molecule has 0 radical (unpaired) electrons. The molecule has 0 saturated heterocycles. The first-order valence-electron chi connectivity index (χ1n) is 5.07. The van der Waals surface area contributed by atoms with E-state index in [2.05, 4.69) is 6.07 Å². The van der Waals surface area contributed by atoms with Crippen LogP contribution in [-0.4, -0.2) is 17.0 Å². The van der Waals surface area contributed by atoms with Crippen LogP contribution in [0.3, 0.4) is 0 Å². The minimum Gasteiger partial charge on any atom is -0.388 e. The first-order chi connectivity index (χ1) is 6.50. The Bertz CT molecular complexity index is 267. The molecule has 1 N–H and O–H groups in total. The number of nitrogens with zero attached hydrogens (tertiary/aromatic N) is 1. The number of nitriles is 1. The quantitative estimate of drug-likeness (QED) is 0.696. The molecule has 0 amide bonds. The maximum atomic E-state index is 10.5. The van der Waals surface area contributed by atoms with Gasteiger partial charge in [0.25, 0.3) is 0 Å². The van der Waals surface area contributed by atoms with Crippen LogP contribution in [0, 0.1) is 22.7 Å². The highest BCUT2D eigenvalue weighted by Crippen LogP contribution is 2.50. The monoisotopic (exact) mass is 195 g/mol. The third-order valence-electron chi connectivity index (χ3n) is 3.69. The Kier molecular flexibility index (Phi) is 2.96. The van der Waals surface area contributed by atoms with E-state index in [1.807, 2.05) is 6.92 Å². The van der Waals surface area contributed by atoms with Crippen LogP contribution in [-0.2, 0) is 4.79 Å². The van der Waals surface area contributed by atoms with Crippen molar-refractivity contribution >= 4 is 6.29 Å². The van der Waals surface area contributed by atoms with E-state index in [0.717, 1.165) is 12.8 Å². The van der Waals surface area contributed by atoms with E-state index in [9.17, 15) is 15.2 Å². The number of hydrogen-bond acceptors (Lipinski definition) is 3. The summed E-state index contributed by atoms with van der Waals surface area (Å²) in [5.74, 6) is 0.169. The molecule has 14 heavy (non-hydrogen) atoms. The summed E-state index contributed by atoms with van der Waals surface area (Å²) in [6.07, 6.45) is 3.37. The molecule has 1 aliphatic rings. The molecular formula is C11H17NO2. The average Bonchev–Trinajstić information content (AvgIpc) is 2.48. The fourth-order valence-electron chi connectivity index (χ4n) is 2.61. The second-order valence-corrected chi connectivity index (χ2v) is 4.52. The Morgan fingerprint density at radius 1 is 1.79 bits per heavy atom. The normalized spacial score (nSPS) is 36.0. The van der Waals surface area contributed by atoms with Crippen LogP contribution in [0.4, 0.5) is 0 Å². The predicted molar refractivity (Wildman–Crippen MR) is 52.4 cm³/mol. The molecule has 3 heteroatoms. The maximum absolute atomic E-state index is 10.5. The highest BCUT2D eigenvalue weighted by atomic mass is 16.3. The van der Waals surface area contributed by atoms with Gasteiger partial charge in [0.05, 0.1) is 17.1 Å². The minimum atomic E-state index is -1.18. The van der Waals surface area contributed by atoms with Crippen molar-refractivity contribution in [3.63, 3.8) is 0 Å². The third-order valence-corrected chi connectivity index (χ3v) is 3.69. The van der Waals surface area contributed by atoms with Crippen LogP contribution in [0.15, 0.2) is 0 Å². The second-order valence-electron chi connectivity index (χ2n) is 4.52. The second kappa shape index (κ2) is 3.70. The fraction of sp³-hybridized carbons (Fsp3) is 0.818. The molecule has 3 unspecified atom stereocenters. The van der Waals surface area contributed by atoms with Gasteiger partial charge in [-0.05, 0) is 25.7 Å². The van der Waals surface area contributed by atoms with Crippen LogP contribution >= 0.6 is 0 Å². The Morgan fingerprint density at radius 2 is 2.43 bits per heavy atom. The van der Waals surface area contributed by atoms with Crippen molar-refractivity contribution < 1.29 is 9.90 Å². The van der Waals surface area contributed by atoms with Crippen molar-refractivity contribution in [3.05, 3.63) is 0 Å². The zero-order valence-electron chi connectivity index (χ0n) is 8.79. The molecule has 1 fully saturated rings. The summed E-state index contributed by atoms with van der Waals surface area (Å²) in [5.41, 5.74) is -1.91. The van der Waals surface area contributed by atoms with Crippen molar-refractivity contribution in [2.45, 2.75) is 45.1 Å². The molecule has 3 nitrogen and oxygen atoms in total. The third kappa shape index (κ3) is 1.44. The van der Waals surface area contributed by atoms with Gasteiger partial charge < -0.3 is 9.90 Å². The van der Waals surface area contributed by atoms with Crippen LogP contribution in [0.1, 0.15) is 39.5 Å². The number of carbonyl (C=O) groups is 1. The van der Waals surface area contributed by atoms with Gasteiger partial charge in [0.1, 0.15) is 6.29 Å². The summed E-state index contributed by atoms with van der Waals surface area (Å²) < 4.78 is 0. The van der Waals surface area contributed by atoms with Crippen LogP contribution in [0.25, 0.3) is 0 Å². The molecular weight excluding hydrogens is 178 g/mol. The smallest absolute Gasteiger partial charge is 0.122 e. The number of carbonyl (C=O) groups excluding carboxylic acids is 1. The molecule has 78 valence electrons. The molecule has 1 aliphatic carbocycles. The average molecular weight is 195 g/mol. The van der Waals surface area contributed by atoms with Crippen molar-refractivity contribution in [2.75, 3.05) is 0 Å². The lowest BCUT2D eigenvalue weighted by atomic mass is 9.66. The zero-order chi connectivity index (χ0) is 10.8. The molecule has 1 rings (SSSR count). The van der Waals surface area contributed by atoms with E-state index in [4.69, 9.17) is 0 Å². The standard InChI is InChI=1S/C11H17NO2/c1-9-4-3-5-11(9,8-12)10(2,14)6-7-13/h7,9,14H,3-6H2,1-2H3. The summed E-state index contributed by atoms with van der Waals surface area (Å²) in [6, 6.07) is 2.24. The summed E-state index contributed by atoms with van der Waals surface area (Å²) >= 11 is 0. The van der Waals surface area contributed by atoms with E-state index in [1.54, 1.807) is 6.92 Å². The van der Waals surface area contributed by atoms with Gasteiger partial charge in [-0.2, -0.15) is 5.26 Å². The number of hydrogen-bond donors (Lipinski definition) is 1. The molecule has 0 spiro atoms. The van der Waals surface area contributed by atoms with Gasteiger partial charge in [0, 0.05) is 6.42 Å². The first-order valence-corrected chi connectivity index (χ1v) is 5.07.